The van der Waals surface area contributed by atoms with Gasteiger partial charge in [-0.2, -0.15) is 0 Å². The number of carbonyl (C=O) groups is 1. The maximum absolute atomic E-state index is 11.6. The monoisotopic (exact) mass is 250 g/mol. The van der Waals surface area contributed by atoms with Gasteiger partial charge in [0, 0.05) is 6.54 Å². The summed E-state index contributed by atoms with van der Waals surface area (Å²) in [5.41, 5.74) is 2.25. The van der Waals surface area contributed by atoms with Gasteiger partial charge in [0.1, 0.15) is 0 Å². The molecule has 3 N–H and O–H groups in total. The number of benzene rings is 1. The third-order valence-corrected chi connectivity index (χ3v) is 2.91. The molecule has 0 saturated carbocycles. The zero-order valence-corrected chi connectivity index (χ0v) is 11.2. The van der Waals surface area contributed by atoms with E-state index < -0.39 is 6.10 Å². The zero-order valence-electron chi connectivity index (χ0n) is 11.2. The van der Waals surface area contributed by atoms with E-state index in [1.807, 2.05) is 38.1 Å². The average molecular weight is 250 g/mol. The summed E-state index contributed by atoms with van der Waals surface area (Å²) in [6.07, 6.45) is 0.162. The van der Waals surface area contributed by atoms with Gasteiger partial charge >= 0.3 is 6.03 Å². The third kappa shape index (κ3) is 4.75. The van der Waals surface area contributed by atoms with Crippen LogP contribution in [-0.4, -0.2) is 23.3 Å². The van der Waals surface area contributed by atoms with Crippen molar-refractivity contribution >= 4 is 6.03 Å². The van der Waals surface area contributed by atoms with Crippen molar-refractivity contribution in [1.29, 1.82) is 0 Å². The normalized spacial score (nSPS) is 13.8. The molecule has 0 fully saturated rings. The van der Waals surface area contributed by atoms with E-state index >= 15 is 0 Å². The van der Waals surface area contributed by atoms with E-state index in [-0.39, 0.29) is 12.1 Å². The van der Waals surface area contributed by atoms with Crippen molar-refractivity contribution in [2.75, 3.05) is 0 Å². The molecule has 0 aromatic heterocycles. The number of aryl methyl sites for hydroxylation is 1. The Morgan fingerprint density at radius 2 is 1.94 bits per heavy atom. The second kappa shape index (κ2) is 7.01. The molecule has 0 aliphatic carbocycles. The van der Waals surface area contributed by atoms with Crippen molar-refractivity contribution < 1.29 is 9.90 Å². The number of hydrogen-bond donors (Lipinski definition) is 3. The fourth-order valence-corrected chi connectivity index (χ4v) is 1.67. The highest BCUT2D eigenvalue weighted by molar-refractivity contribution is 5.74. The molecular weight excluding hydrogens is 228 g/mol. The van der Waals surface area contributed by atoms with Crippen LogP contribution in [0.4, 0.5) is 4.79 Å². The number of carbonyl (C=O) groups excluding carboxylic acids is 1. The molecule has 2 atom stereocenters. The minimum Gasteiger partial charge on any atom is -0.391 e. The average Bonchev–Trinajstić information content (AvgIpc) is 2.35. The Bertz CT molecular complexity index is 374. The van der Waals surface area contributed by atoms with E-state index in [1.54, 1.807) is 6.92 Å². The smallest absolute Gasteiger partial charge is 0.315 e. The summed E-state index contributed by atoms with van der Waals surface area (Å²) in [5, 5.41) is 15.0. The fraction of sp³-hybridized carbons (Fsp3) is 0.500. The molecule has 1 aromatic rings. The van der Waals surface area contributed by atoms with E-state index in [0.29, 0.717) is 13.0 Å². The largest absolute Gasteiger partial charge is 0.391 e. The summed E-state index contributed by atoms with van der Waals surface area (Å²) in [6.45, 7) is 6.12. The summed E-state index contributed by atoms with van der Waals surface area (Å²) in [4.78, 5) is 11.6. The minimum absolute atomic E-state index is 0.206. The number of urea groups is 1. The van der Waals surface area contributed by atoms with Gasteiger partial charge in [0.2, 0.25) is 0 Å². The highest BCUT2D eigenvalue weighted by Crippen LogP contribution is 2.02. The van der Waals surface area contributed by atoms with Gasteiger partial charge in [0.25, 0.3) is 0 Å². The number of hydrogen-bond acceptors (Lipinski definition) is 2. The molecule has 18 heavy (non-hydrogen) atoms. The quantitative estimate of drug-likeness (QED) is 0.748. The second-order valence-corrected chi connectivity index (χ2v) is 4.57. The van der Waals surface area contributed by atoms with Gasteiger partial charge in [-0.3, -0.25) is 0 Å². The number of rotatable bonds is 5. The second-order valence-electron chi connectivity index (χ2n) is 4.57. The molecule has 0 heterocycles. The van der Waals surface area contributed by atoms with Crippen molar-refractivity contribution in [3.63, 3.8) is 0 Å². The summed E-state index contributed by atoms with van der Waals surface area (Å²) < 4.78 is 0. The first-order chi connectivity index (χ1) is 8.52. The molecular formula is C14H22N2O2. The van der Waals surface area contributed by atoms with Crippen molar-refractivity contribution in [2.24, 2.45) is 0 Å². The van der Waals surface area contributed by atoms with Crippen LogP contribution in [0.3, 0.4) is 0 Å². The molecule has 4 heteroatoms. The zero-order chi connectivity index (χ0) is 13.5. The van der Waals surface area contributed by atoms with E-state index in [2.05, 4.69) is 10.6 Å². The molecule has 4 nitrogen and oxygen atoms in total. The van der Waals surface area contributed by atoms with Gasteiger partial charge in [-0.05, 0) is 25.8 Å². The lowest BCUT2D eigenvalue weighted by Gasteiger charge is -2.20. The van der Waals surface area contributed by atoms with Crippen molar-refractivity contribution in [1.82, 2.24) is 10.6 Å². The van der Waals surface area contributed by atoms with E-state index in [1.165, 1.54) is 5.56 Å². The summed E-state index contributed by atoms with van der Waals surface area (Å²) in [5.74, 6) is 0. The third-order valence-electron chi connectivity index (χ3n) is 2.91. The van der Waals surface area contributed by atoms with Crippen LogP contribution in [0.25, 0.3) is 0 Å². The minimum atomic E-state index is -0.542. The molecule has 0 bridgehead atoms. The summed E-state index contributed by atoms with van der Waals surface area (Å²) in [7, 11) is 0. The number of aliphatic hydroxyl groups excluding tert-OH is 1. The van der Waals surface area contributed by atoms with Gasteiger partial charge in [0.15, 0.2) is 0 Å². The Kier molecular flexibility index (Phi) is 5.65. The first-order valence-corrected chi connectivity index (χ1v) is 6.31. The predicted octanol–water partition coefficient (Wildman–Crippen LogP) is 1.95. The first kappa shape index (κ1) is 14.5. The lowest BCUT2D eigenvalue weighted by molar-refractivity contribution is 0.143. The number of amides is 2. The van der Waals surface area contributed by atoms with E-state index in [0.717, 1.165) is 5.56 Å². The van der Waals surface area contributed by atoms with Crippen molar-refractivity contribution in [3.8, 4) is 0 Å². The molecule has 2 amide bonds. The Labute approximate surface area is 108 Å². The predicted molar refractivity (Wildman–Crippen MR) is 72.3 cm³/mol. The molecule has 0 unspecified atom stereocenters. The molecule has 0 aliphatic rings. The molecule has 0 aliphatic heterocycles. The summed E-state index contributed by atoms with van der Waals surface area (Å²) >= 11 is 0. The van der Waals surface area contributed by atoms with Gasteiger partial charge in [-0.15, -0.1) is 0 Å². The first-order valence-electron chi connectivity index (χ1n) is 6.31. The Morgan fingerprint density at radius 3 is 2.44 bits per heavy atom. The van der Waals surface area contributed by atoms with Crippen LogP contribution >= 0.6 is 0 Å². The van der Waals surface area contributed by atoms with Gasteiger partial charge in [0.05, 0.1) is 12.1 Å². The fourth-order valence-electron chi connectivity index (χ4n) is 1.67. The van der Waals surface area contributed by atoms with Crippen LogP contribution in [0.1, 0.15) is 31.4 Å². The Balaban J connectivity index is 2.39. The molecule has 1 aromatic carbocycles. The van der Waals surface area contributed by atoms with E-state index in [9.17, 15) is 9.90 Å². The lowest BCUT2D eigenvalue weighted by atomic mass is 10.1. The van der Waals surface area contributed by atoms with Gasteiger partial charge in [-0.25, -0.2) is 4.79 Å². The van der Waals surface area contributed by atoms with Crippen molar-refractivity contribution in [2.45, 2.75) is 45.9 Å². The SMILES string of the molecule is CC[C@H](NC(=O)NCc1ccc(C)cc1)[C@H](C)O. The summed E-state index contributed by atoms with van der Waals surface area (Å²) in [6, 6.07) is 7.55. The van der Waals surface area contributed by atoms with Crippen LogP contribution in [0, 0.1) is 6.92 Å². The molecule has 0 radical (unpaired) electrons. The number of aliphatic hydroxyl groups is 1. The maximum atomic E-state index is 11.6. The lowest BCUT2D eigenvalue weighted by Crippen LogP contribution is -2.46. The molecule has 1 rings (SSSR count). The molecule has 0 saturated heterocycles. The highest BCUT2D eigenvalue weighted by atomic mass is 16.3. The Hall–Kier alpha value is -1.55. The van der Waals surface area contributed by atoms with Gasteiger partial charge in [-0.1, -0.05) is 36.8 Å². The number of nitrogens with one attached hydrogen (secondary N) is 2. The van der Waals surface area contributed by atoms with Crippen LogP contribution < -0.4 is 10.6 Å². The maximum Gasteiger partial charge on any atom is 0.315 e. The van der Waals surface area contributed by atoms with Gasteiger partial charge < -0.3 is 15.7 Å². The van der Waals surface area contributed by atoms with Crippen LogP contribution in [0.5, 0.6) is 0 Å². The standard InChI is InChI=1S/C14H22N2O2/c1-4-13(11(3)17)16-14(18)15-9-12-7-5-10(2)6-8-12/h5-8,11,13,17H,4,9H2,1-3H3,(H2,15,16,18)/t11-,13-/m0/s1. The highest BCUT2D eigenvalue weighted by Gasteiger charge is 2.14. The molecule has 100 valence electrons. The van der Waals surface area contributed by atoms with Crippen LogP contribution in [0.15, 0.2) is 24.3 Å². The Morgan fingerprint density at radius 1 is 1.33 bits per heavy atom. The van der Waals surface area contributed by atoms with Crippen LogP contribution in [-0.2, 0) is 6.54 Å². The van der Waals surface area contributed by atoms with Crippen molar-refractivity contribution in [3.05, 3.63) is 35.4 Å². The topological polar surface area (TPSA) is 61.4 Å². The molecule has 0 spiro atoms. The van der Waals surface area contributed by atoms with Crippen LogP contribution in [0.2, 0.25) is 0 Å². The van der Waals surface area contributed by atoms with E-state index in [4.69, 9.17) is 0 Å².